The minimum absolute atomic E-state index is 0.259. The van der Waals surface area contributed by atoms with Crippen molar-refractivity contribution >= 4 is 40.7 Å². The number of hydrogen-bond acceptors (Lipinski definition) is 4. The SMILES string of the molecule is Cc1ccc(Cl)cc1Nc1nccc(C(=O)NCc2ccccc2Cl)n1. The minimum atomic E-state index is -0.307. The molecule has 0 atom stereocenters. The molecule has 0 bridgehead atoms. The summed E-state index contributed by atoms with van der Waals surface area (Å²) in [6.45, 7) is 2.26. The van der Waals surface area contributed by atoms with Crippen LogP contribution in [0.5, 0.6) is 0 Å². The molecule has 0 saturated heterocycles. The number of rotatable bonds is 5. The van der Waals surface area contributed by atoms with Gasteiger partial charge in [0.15, 0.2) is 0 Å². The van der Waals surface area contributed by atoms with Gasteiger partial charge >= 0.3 is 0 Å². The summed E-state index contributed by atoms with van der Waals surface area (Å²) in [7, 11) is 0. The second kappa shape index (κ2) is 8.17. The van der Waals surface area contributed by atoms with Crippen LogP contribution in [0.4, 0.5) is 11.6 Å². The Labute approximate surface area is 161 Å². The summed E-state index contributed by atoms with van der Waals surface area (Å²) in [5, 5.41) is 7.10. The van der Waals surface area contributed by atoms with Crippen LogP contribution < -0.4 is 10.6 Å². The Kier molecular flexibility index (Phi) is 5.71. The molecule has 0 aliphatic rings. The van der Waals surface area contributed by atoms with Gasteiger partial charge in [0, 0.05) is 28.5 Å². The van der Waals surface area contributed by atoms with Crippen molar-refractivity contribution < 1.29 is 4.79 Å². The average molecular weight is 387 g/mol. The number of nitrogens with one attached hydrogen (secondary N) is 2. The van der Waals surface area contributed by atoms with Crippen molar-refractivity contribution in [2.24, 2.45) is 0 Å². The van der Waals surface area contributed by atoms with Crippen LogP contribution in [-0.4, -0.2) is 15.9 Å². The van der Waals surface area contributed by atoms with Crippen molar-refractivity contribution in [3.8, 4) is 0 Å². The topological polar surface area (TPSA) is 66.9 Å². The third kappa shape index (κ3) is 4.50. The van der Waals surface area contributed by atoms with E-state index in [1.54, 1.807) is 18.2 Å². The maximum Gasteiger partial charge on any atom is 0.270 e. The molecule has 26 heavy (non-hydrogen) atoms. The van der Waals surface area contributed by atoms with Gasteiger partial charge in [-0.1, -0.05) is 47.5 Å². The number of carbonyl (C=O) groups is 1. The molecule has 0 fully saturated rings. The highest BCUT2D eigenvalue weighted by molar-refractivity contribution is 6.31. The molecule has 3 aromatic rings. The van der Waals surface area contributed by atoms with Crippen LogP contribution in [0.1, 0.15) is 21.6 Å². The molecule has 5 nitrogen and oxygen atoms in total. The van der Waals surface area contributed by atoms with E-state index < -0.39 is 0 Å². The lowest BCUT2D eigenvalue weighted by molar-refractivity contribution is 0.0946. The molecule has 3 rings (SSSR count). The van der Waals surface area contributed by atoms with Crippen molar-refractivity contribution in [3.63, 3.8) is 0 Å². The first-order valence-electron chi connectivity index (χ1n) is 7.91. The quantitative estimate of drug-likeness (QED) is 0.662. The van der Waals surface area contributed by atoms with E-state index in [1.807, 2.05) is 37.3 Å². The number of aryl methyl sites for hydroxylation is 1. The van der Waals surface area contributed by atoms with Crippen molar-refractivity contribution in [2.75, 3.05) is 5.32 Å². The maximum absolute atomic E-state index is 12.4. The van der Waals surface area contributed by atoms with E-state index >= 15 is 0 Å². The Morgan fingerprint density at radius 3 is 2.73 bits per heavy atom. The lowest BCUT2D eigenvalue weighted by atomic mass is 10.2. The smallest absolute Gasteiger partial charge is 0.270 e. The number of aromatic nitrogens is 2. The van der Waals surface area contributed by atoms with Gasteiger partial charge in [-0.05, 0) is 42.3 Å². The number of amides is 1. The van der Waals surface area contributed by atoms with Gasteiger partial charge in [-0.3, -0.25) is 4.79 Å². The zero-order valence-corrected chi connectivity index (χ0v) is 15.5. The highest BCUT2D eigenvalue weighted by atomic mass is 35.5. The van der Waals surface area contributed by atoms with Crippen molar-refractivity contribution in [2.45, 2.75) is 13.5 Å². The van der Waals surface area contributed by atoms with Crippen LogP contribution in [0.25, 0.3) is 0 Å². The molecule has 2 aromatic carbocycles. The molecule has 7 heteroatoms. The van der Waals surface area contributed by atoms with Gasteiger partial charge in [-0.25, -0.2) is 9.97 Å². The number of nitrogens with zero attached hydrogens (tertiary/aromatic N) is 2. The van der Waals surface area contributed by atoms with E-state index in [0.717, 1.165) is 16.8 Å². The summed E-state index contributed by atoms with van der Waals surface area (Å²) in [4.78, 5) is 20.8. The van der Waals surface area contributed by atoms with Gasteiger partial charge in [0.2, 0.25) is 5.95 Å². The normalized spacial score (nSPS) is 10.4. The minimum Gasteiger partial charge on any atom is -0.347 e. The Hall–Kier alpha value is -2.63. The lowest BCUT2D eigenvalue weighted by Crippen LogP contribution is -2.24. The first kappa shape index (κ1) is 18.2. The molecule has 1 heterocycles. The highest BCUT2D eigenvalue weighted by Gasteiger charge is 2.10. The summed E-state index contributed by atoms with van der Waals surface area (Å²) < 4.78 is 0. The van der Waals surface area contributed by atoms with Gasteiger partial charge in [-0.2, -0.15) is 0 Å². The van der Waals surface area contributed by atoms with Gasteiger partial charge in [0.05, 0.1) is 0 Å². The van der Waals surface area contributed by atoms with Gasteiger partial charge < -0.3 is 10.6 Å². The standard InChI is InChI=1S/C19H16Cl2N4O/c1-12-6-7-14(20)10-17(12)25-19-22-9-8-16(24-19)18(26)23-11-13-4-2-3-5-15(13)21/h2-10H,11H2,1H3,(H,23,26)(H,22,24,25). The fourth-order valence-electron chi connectivity index (χ4n) is 2.30. The largest absolute Gasteiger partial charge is 0.347 e. The van der Waals surface area contributed by atoms with Crippen LogP contribution in [-0.2, 0) is 6.54 Å². The van der Waals surface area contributed by atoms with Crippen LogP contribution in [0.3, 0.4) is 0 Å². The number of anilines is 2. The molecular formula is C19H16Cl2N4O. The highest BCUT2D eigenvalue weighted by Crippen LogP contribution is 2.22. The second-order valence-electron chi connectivity index (χ2n) is 5.62. The zero-order chi connectivity index (χ0) is 18.5. The fraction of sp³-hybridized carbons (Fsp3) is 0.105. The van der Waals surface area contributed by atoms with Crippen LogP contribution in [0.15, 0.2) is 54.7 Å². The molecular weight excluding hydrogens is 371 g/mol. The molecule has 1 aromatic heterocycles. The molecule has 1 amide bonds. The Morgan fingerprint density at radius 2 is 1.92 bits per heavy atom. The molecule has 0 saturated carbocycles. The Morgan fingerprint density at radius 1 is 1.12 bits per heavy atom. The third-order valence-corrected chi connectivity index (χ3v) is 4.34. The summed E-state index contributed by atoms with van der Waals surface area (Å²) in [5.74, 6) is 0.0129. The molecule has 2 N–H and O–H groups in total. The van der Waals surface area contributed by atoms with Crippen molar-refractivity contribution in [3.05, 3.63) is 81.6 Å². The maximum atomic E-state index is 12.4. The van der Waals surface area contributed by atoms with E-state index in [0.29, 0.717) is 22.5 Å². The number of halogens is 2. The van der Waals surface area contributed by atoms with E-state index in [4.69, 9.17) is 23.2 Å². The summed E-state index contributed by atoms with van der Waals surface area (Å²) >= 11 is 12.1. The lowest BCUT2D eigenvalue weighted by Gasteiger charge is -2.10. The van der Waals surface area contributed by atoms with Crippen molar-refractivity contribution in [1.29, 1.82) is 0 Å². The van der Waals surface area contributed by atoms with Crippen LogP contribution in [0, 0.1) is 6.92 Å². The first-order chi connectivity index (χ1) is 12.5. The fourth-order valence-corrected chi connectivity index (χ4v) is 2.68. The molecule has 0 radical (unpaired) electrons. The van der Waals surface area contributed by atoms with E-state index in [-0.39, 0.29) is 11.6 Å². The van der Waals surface area contributed by atoms with E-state index in [1.165, 1.54) is 6.20 Å². The Balaban J connectivity index is 1.71. The molecule has 0 spiro atoms. The summed E-state index contributed by atoms with van der Waals surface area (Å²) in [6.07, 6.45) is 1.53. The van der Waals surface area contributed by atoms with Gasteiger partial charge in [-0.15, -0.1) is 0 Å². The monoisotopic (exact) mass is 386 g/mol. The summed E-state index contributed by atoms with van der Waals surface area (Å²) in [5.41, 5.74) is 2.87. The van der Waals surface area contributed by atoms with Crippen LogP contribution >= 0.6 is 23.2 Å². The predicted octanol–water partition coefficient (Wildman–Crippen LogP) is 4.77. The first-order valence-corrected chi connectivity index (χ1v) is 8.66. The van der Waals surface area contributed by atoms with Gasteiger partial charge in [0.1, 0.15) is 5.69 Å². The van der Waals surface area contributed by atoms with Gasteiger partial charge in [0.25, 0.3) is 5.91 Å². The summed E-state index contributed by atoms with van der Waals surface area (Å²) in [6, 6.07) is 14.4. The average Bonchev–Trinajstić information content (AvgIpc) is 2.64. The van der Waals surface area contributed by atoms with Crippen LogP contribution in [0.2, 0.25) is 10.0 Å². The molecule has 0 unspecified atom stereocenters. The number of hydrogen-bond donors (Lipinski definition) is 2. The predicted molar refractivity (Wildman–Crippen MR) is 104 cm³/mol. The zero-order valence-electron chi connectivity index (χ0n) is 14.0. The van der Waals surface area contributed by atoms with E-state index in [9.17, 15) is 4.79 Å². The van der Waals surface area contributed by atoms with Crippen molar-refractivity contribution in [1.82, 2.24) is 15.3 Å². The Bertz CT molecular complexity index is 946. The third-order valence-electron chi connectivity index (χ3n) is 3.73. The molecule has 0 aliphatic heterocycles. The second-order valence-corrected chi connectivity index (χ2v) is 6.47. The number of benzene rings is 2. The molecule has 0 aliphatic carbocycles. The van der Waals surface area contributed by atoms with E-state index in [2.05, 4.69) is 20.6 Å². The number of carbonyl (C=O) groups excluding carboxylic acids is 1. The molecule has 132 valence electrons.